The van der Waals surface area contributed by atoms with E-state index in [-0.39, 0.29) is 6.04 Å². The predicted octanol–water partition coefficient (Wildman–Crippen LogP) is 0.342. The molecular weight excluding hydrogens is 246 g/mol. The second-order valence-corrected chi connectivity index (χ2v) is 4.56. The van der Waals surface area contributed by atoms with Crippen LogP contribution in [0, 0.1) is 0 Å². The van der Waals surface area contributed by atoms with Gasteiger partial charge in [0.05, 0.1) is 19.8 Å². The zero-order valence-corrected chi connectivity index (χ0v) is 11.4. The normalized spacial score (nSPS) is 17.3. The number of ether oxygens (including phenoxy) is 2. The monoisotopic (exact) mass is 267 g/mol. The van der Waals surface area contributed by atoms with E-state index >= 15 is 0 Å². The molecule has 0 aliphatic carbocycles. The Morgan fingerprint density at radius 3 is 2.89 bits per heavy atom. The summed E-state index contributed by atoms with van der Waals surface area (Å²) in [5, 5.41) is 3.23. The number of nitrogens with two attached hydrogens (primary N) is 1. The molecule has 1 atom stereocenters. The van der Waals surface area contributed by atoms with Crippen LogP contribution in [0.3, 0.4) is 0 Å². The molecule has 1 aliphatic heterocycles. The Kier molecular flexibility index (Phi) is 4.75. The third kappa shape index (κ3) is 3.45. The average molecular weight is 267 g/mol. The molecule has 2 heterocycles. The maximum absolute atomic E-state index is 6.15. The van der Waals surface area contributed by atoms with E-state index in [1.54, 1.807) is 7.11 Å². The van der Waals surface area contributed by atoms with Gasteiger partial charge in [-0.25, -0.2) is 9.97 Å². The minimum absolute atomic E-state index is 0.139. The number of hydrogen-bond acceptors (Lipinski definition) is 7. The molecule has 0 saturated carbocycles. The van der Waals surface area contributed by atoms with Crippen LogP contribution in [0.1, 0.15) is 6.92 Å². The third-order valence-electron chi connectivity index (χ3n) is 2.97. The molecule has 2 rings (SSSR count). The van der Waals surface area contributed by atoms with Gasteiger partial charge in [0.2, 0.25) is 0 Å². The quantitative estimate of drug-likeness (QED) is 0.795. The van der Waals surface area contributed by atoms with E-state index < -0.39 is 0 Å². The van der Waals surface area contributed by atoms with Crippen LogP contribution in [-0.4, -0.2) is 56.0 Å². The van der Waals surface area contributed by atoms with Crippen LogP contribution >= 0.6 is 0 Å². The van der Waals surface area contributed by atoms with Crippen molar-refractivity contribution in [3.05, 3.63) is 6.33 Å². The summed E-state index contributed by atoms with van der Waals surface area (Å²) in [6, 6.07) is 0.139. The molecule has 0 bridgehead atoms. The van der Waals surface area contributed by atoms with Crippen molar-refractivity contribution in [3.8, 4) is 0 Å². The first-order valence-electron chi connectivity index (χ1n) is 6.41. The molecule has 7 nitrogen and oxygen atoms in total. The van der Waals surface area contributed by atoms with Crippen molar-refractivity contribution in [1.82, 2.24) is 9.97 Å². The lowest BCUT2D eigenvalue weighted by Crippen LogP contribution is -2.37. The first kappa shape index (κ1) is 13.8. The average Bonchev–Trinajstić information content (AvgIpc) is 2.42. The van der Waals surface area contributed by atoms with Crippen LogP contribution in [0.5, 0.6) is 0 Å². The molecule has 7 heteroatoms. The highest BCUT2D eigenvalue weighted by Gasteiger charge is 2.18. The predicted molar refractivity (Wildman–Crippen MR) is 74.4 cm³/mol. The largest absolute Gasteiger partial charge is 0.393 e. The van der Waals surface area contributed by atoms with E-state index in [0.29, 0.717) is 31.3 Å². The second kappa shape index (κ2) is 6.53. The fourth-order valence-corrected chi connectivity index (χ4v) is 2.05. The highest BCUT2D eigenvalue weighted by Crippen LogP contribution is 2.26. The number of nitrogens with zero attached hydrogens (tertiary/aromatic N) is 3. The number of morpholine rings is 1. The van der Waals surface area contributed by atoms with Gasteiger partial charge in [-0.05, 0) is 6.92 Å². The second-order valence-electron chi connectivity index (χ2n) is 4.56. The van der Waals surface area contributed by atoms with Crippen molar-refractivity contribution in [1.29, 1.82) is 0 Å². The number of aromatic nitrogens is 2. The first-order valence-corrected chi connectivity index (χ1v) is 6.41. The van der Waals surface area contributed by atoms with E-state index in [2.05, 4.69) is 20.2 Å². The summed E-state index contributed by atoms with van der Waals surface area (Å²) < 4.78 is 10.4. The summed E-state index contributed by atoms with van der Waals surface area (Å²) in [7, 11) is 1.67. The van der Waals surface area contributed by atoms with Crippen molar-refractivity contribution < 1.29 is 9.47 Å². The molecule has 1 saturated heterocycles. The van der Waals surface area contributed by atoms with Gasteiger partial charge in [-0.15, -0.1) is 0 Å². The van der Waals surface area contributed by atoms with Crippen LogP contribution in [0.2, 0.25) is 0 Å². The minimum Gasteiger partial charge on any atom is -0.393 e. The minimum atomic E-state index is 0.139. The molecule has 1 aromatic rings. The highest BCUT2D eigenvalue weighted by molar-refractivity contribution is 5.75. The number of rotatable bonds is 5. The van der Waals surface area contributed by atoms with Crippen LogP contribution in [0.25, 0.3) is 0 Å². The summed E-state index contributed by atoms with van der Waals surface area (Å²) in [4.78, 5) is 10.6. The number of nitrogens with one attached hydrogen (secondary N) is 1. The van der Waals surface area contributed by atoms with Gasteiger partial charge in [0.15, 0.2) is 11.6 Å². The lowest BCUT2D eigenvalue weighted by atomic mass is 10.3. The van der Waals surface area contributed by atoms with Gasteiger partial charge in [-0.1, -0.05) is 0 Å². The lowest BCUT2D eigenvalue weighted by Gasteiger charge is -2.29. The van der Waals surface area contributed by atoms with E-state index in [4.69, 9.17) is 15.2 Å². The molecule has 1 aromatic heterocycles. The van der Waals surface area contributed by atoms with Crippen LogP contribution < -0.4 is 16.0 Å². The number of methoxy groups -OCH3 is 1. The first-order chi connectivity index (χ1) is 9.22. The highest BCUT2D eigenvalue weighted by atomic mass is 16.5. The molecule has 1 unspecified atom stereocenters. The summed E-state index contributed by atoms with van der Waals surface area (Å²) >= 11 is 0. The maximum atomic E-state index is 6.15. The Bertz CT molecular complexity index is 409. The Morgan fingerprint density at radius 2 is 2.21 bits per heavy atom. The zero-order chi connectivity index (χ0) is 13.7. The Balaban J connectivity index is 2.12. The number of nitrogen functional groups attached to an aromatic ring is 1. The van der Waals surface area contributed by atoms with Crippen LogP contribution in [-0.2, 0) is 9.47 Å². The van der Waals surface area contributed by atoms with Crippen molar-refractivity contribution in [2.24, 2.45) is 0 Å². The zero-order valence-electron chi connectivity index (χ0n) is 11.4. The Labute approximate surface area is 113 Å². The molecule has 1 fully saturated rings. The van der Waals surface area contributed by atoms with Gasteiger partial charge in [0.1, 0.15) is 12.0 Å². The molecule has 0 amide bonds. The summed E-state index contributed by atoms with van der Waals surface area (Å²) in [6.45, 7) is 5.61. The molecule has 106 valence electrons. The summed E-state index contributed by atoms with van der Waals surface area (Å²) in [6.07, 6.45) is 1.53. The molecule has 3 N–H and O–H groups in total. The van der Waals surface area contributed by atoms with Gasteiger partial charge in [-0.3, -0.25) is 0 Å². The lowest BCUT2D eigenvalue weighted by molar-refractivity contribution is 0.122. The molecule has 19 heavy (non-hydrogen) atoms. The topological polar surface area (TPSA) is 85.5 Å². The van der Waals surface area contributed by atoms with E-state index in [9.17, 15) is 0 Å². The molecule has 0 aromatic carbocycles. The SMILES string of the molecule is COCC(C)Nc1ncnc(N2CCOCC2)c1N. The van der Waals surface area contributed by atoms with Crippen LogP contribution in [0.4, 0.5) is 17.3 Å². The standard InChI is InChI=1S/C12H21N5O2/c1-9(7-18-2)16-11-10(13)12(15-8-14-11)17-3-5-19-6-4-17/h8-9H,3-7,13H2,1-2H3,(H,14,15,16). The smallest absolute Gasteiger partial charge is 0.157 e. The van der Waals surface area contributed by atoms with Gasteiger partial charge in [0.25, 0.3) is 0 Å². The van der Waals surface area contributed by atoms with Crippen molar-refractivity contribution in [2.45, 2.75) is 13.0 Å². The Hall–Kier alpha value is -1.60. The number of hydrogen-bond donors (Lipinski definition) is 2. The van der Waals surface area contributed by atoms with E-state index in [1.807, 2.05) is 6.92 Å². The van der Waals surface area contributed by atoms with Crippen molar-refractivity contribution in [2.75, 3.05) is 56.0 Å². The van der Waals surface area contributed by atoms with Crippen LogP contribution in [0.15, 0.2) is 6.33 Å². The van der Waals surface area contributed by atoms with E-state index in [1.165, 1.54) is 6.33 Å². The maximum Gasteiger partial charge on any atom is 0.157 e. The van der Waals surface area contributed by atoms with Gasteiger partial charge < -0.3 is 25.4 Å². The molecular formula is C12H21N5O2. The molecule has 0 radical (unpaired) electrons. The molecule has 0 spiro atoms. The number of anilines is 3. The van der Waals surface area contributed by atoms with Gasteiger partial charge >= 0.3 is 0 Å². The summed E-state index contributed by atoms with van der Waals surface area (Å²) in [5.41, 5.74) is 6.72. The fourth-order valence-electron chi connectivity index (χ4n) is 2.05. The van der Waals surface area contributed by atoms with Crippen molar-refractivity contribution in [3.63, 3.8) is 0 Å². The van der Waals surface area contributed by atoms with Crippen molar-refractivity contribution >= 4 is 17.3 Å². The van der Waals surface area contributed by atoms with E-state index in [0.717, 1.165) is 18.9 Å². The van der Waals surface area contributed by atoms with Gasteiger partial charge in [0, 0.05) is 26.2 Å². The third-order valence-corrected chi connectivity index (χ3v) is 2.97. The fraction of sp³-hybridized carbons (Fsp3) is 0.667. The summed E-state index contributed by atoms with van der Waals surface area (Å²) in [5.74, 6) is 1.42. The molecule has 1 aliphatic rings. The van der Waals surface area contributed by atoms with Gasteiger partial charge in [-0.2, -0.15) is 0 Å². The Morgan fingerprint density at radius 1 is 1.47 bits per heavy atom.